The van der Waals surface area contributed by atoms with Gasteiger partial charge in [0.2, 0.25) is 0 Å². The Morgan fingerprint density at radius 3 is 2.00 bits per heavy atom. The molecule has 0 aliphatic carbocycles. The molecular formula is C14H12Cl2N2S. The Morgan fingerprint density at radius 1 is 0.895 bits per heavy atom. The standard InChI is InChI=1S/C14H12Cl2N2S/c1-9-2-4-12(5-3-9)17-14(19)18-13-7-10(15)6-11(16)8-13/h2-8H,1H3,(H2,17,18,19). The molecule has 0 bridgehead atoms. The van der Waals surface area contributed by atoms with Gasteiger partial charge in [-0.1, -0.05) is 40.9 Å². The van der Waals surface area contributed by atoms with E-state index in [2.05, 4.69) is 10.6 Å². The van der Waals surface area contributed by atoms with Gasteiger partial charge < -0.3 is 10.6 Å². The molecular weight excluding hydrogens is 299 g/mol. The molecule has 0 heterocycles. The first kappa shape index (κ1) is 14.1. The maximum Gasteiger partial charge on any atom is 0.175 e. The van der Waals surface area contributed by atoms with Crippen LogP contribution < -0.4 is 10.6 Å². The van der Waals surface area contributed by atoms with Crippen LogP contribution in [0.1, 0.15) is 5.56 Å². The van der Waals surface area contributed by atoms with E-state index in [-0.39, 0.29) is 0 Å². The lowest BCUT2D eigenvalue weighted by atomic mass is 10.2. The summed E-state index contributed by atoms with van der Waals surface area (Å²) in [4.78, 5) is 0. The van der Waals surface area contributed by atoms with Crippen molar-refractivity contribution in [2.24, 2.45) is 0 Å². The number of anilines is 2. The number of aryl methyl sites for hydroxylation is 1. The summed E-state index contributed by atoms with van der Waals surface area (Å²) in [5.41, 5.74) is 2.88. The van der Waals surface area contributed by atoms with E-state index in [0.717, 1.165) is 11.4 Å². The average molecular weight is 311 g/mol. The number of thiocarbonyl (C=S) groups is 1. The van der Waals surface area contributed by atoms with E-state index in [4.69, 9.17) is 35.4 Å². The highest BCUT2D eigenvalue weighted by Gasteiger charge is 2.01. The predicted molar refractivity (Wildman–Crippen MR) is 87.5 cm³/mol. The largest absolute Gasteiger partial charge is 0.332 e. The van der Waals surface area contributed by atoms with Gasteiger partial charge in [0.05, 0.1) is 0 Å². The lowest BCUT2D eigenvalue weighted by Gasteiger charge is -2.11. The minimum atomic E-state index is 0.488. The molecule has 0 radical (unpaired) electrons. The second kappa shape index (κ2) is 6.24. The first-order valence-electron chi connectivity index (χ1n) is 5.64. The molecule has 2 aromatic carbocycles. The van der Waals surface area contributed by atoms with Crippen molar-refractivity contribution in [3.05, 3.63) is 58.1 Å². The molecule has 5 heteroatoms. The maximum atomic E-state index is 5.92. The third-order valence-electron chi connectivity index (χ3n) is 2.43. The van der Waals surface area contributed by atoms with Gasteiger partial charge in [-0.15, -0.1) is 0 Å². The van der Waals surface area contributed by atoms with Crippen LogP contribution >= 0.6 is 35.4 Å². The lowest BCUT2D eigenvalue weighted by molar-refractivity contribution is 1.47. The number of nitrogens with one attached hydrogen (secondary N) is 2. The number of rotatable bonds is 2. The molecule has 0 amide bonds. The molecule has 2 N–H and O–H groups in total. The molecule has 98 valence electrons. The number of halogens is 2. The first-order valence-corrected chi connectivity index (χ1v) is 6.80. The van der Waals surface area contributed by atoms with Crippen molar-refractivity contribution in [1.82, 2.24) is 0 Å². The fourth-order valence-electron chi connectivity index (χ4n) is 1.56. The zero-order valence-corrected chi connectivity index (χ0v) is 12.5. The summed E-state index contributed by atoms with van der Waals surface area (Å²) in [6, 6.07) is 13.2. The van der Waals surface area contributed by atoms with Crippen LogP contribution in [-0.2, 0) is 0 Å². The van der Waals surface area contributed by atoms with E-state index in [1.54, 1.807) is 18.2 Å². The molecule has 0 aromatic heterocycles. The van der Waals surface area contributed by atoms with Gasteiger partial charge in [0.15, 0.2) is 5.11 Å². The highest BCUT2D eigenvalue weighted by Crippen LogP contribution is 2.22. The Kier molecular flexibility index (Phi) is 4.64. The number of benzene rings is 2. The van der Waals surface area contributed by atoms with Crippen molar-refractivity contribution in [2.45, 2.75) is 6.92 Å². The molecule has 0 saturated carbocycles. The molecule has 0 unspecified atom stereocenters. The summed E-state index contributed by atoms with van der Waals surface area (Å²) < 4.78 is 0. The van der Waals surface area contributed by atoms with Crippen LogP contribution in [0.15, 0.2) is 42.5 Å². The number of hydrogen-bond acceptors (Lipinski definition) is 1. The van der Waals surface area contributed by atoms with Crippen LogP contribution in [0, 0.1) is 6.92 Å². The predicted octanol–water partition coefficient (Wildman–Crippen LogP) is 5.11. The smallest absolute Gasteiger partial charge is 0.175 e. The van der Waals surface area contributed by atoms with Crippen molar-refractivity contribution in [3.8, 4) is 0 Å². The summed E-state index contributed by atoms with van der Waals surface area (Å²) >= 11 is 17.1. The zero-order valence-electron chi connectivity index (χ0n) is 10.2. The van der Waals surface area contributed by atoms with Crippen molar-refractivity contribution < 1.29 is 0 Å². The summed E-state index contributed by atoms with van der Waals surface area (Å²) in [5, 5.41) is 7.74. The van der Waals surface area contributed by atoms with Gasteiger partial charge in [-0.2, -0.15) is 0 Å². The minimum Gasteiger partial charge on any atom is -0.332 e. The Hall–Kier alpha value is -1.29. The third-order valence-corrected chi connectivity index (χ3v) is 3.07. The Bertz CT molecular complexity index is 577. The second-order valence-electron chi connectivity index (χ2n) is 4.10. The van der Waals surface area contributed by atoms with Crippen molar-refractivity contribution >= 4 is 51.9 Å². The molecule has 0 aliphatic heterocycles. The van der Waals surface area contributed by atoms with Gasteiger partial charge in [0.25, 0.3) is 0 Å². The van der Waals surface area contributed by atoms with Gasteiger partial charge in [0.1, 0.15) is 0 Å². The molecule has 2 nitrogen and oxygen atoms in total. The van der Waals surface area contributed by atoms with E-state index in [9.17, 15) is 0 Å². The van der Waals surface area contributed by atoms with Crippen LogP contribution in [0.2, 0.25) is 10.0 Å². The molecule has 0 atom stereocenters. The molecule has 2 aromatic rings. The Morgan fingerprint density at radius 2 is 1.42 bits per heavy atom. The van der Waals surface area contributed by atoms with E-state index < -0.39 is 0 Å². The minimum absolute atomic E-state index is 0.488. The van der Waals surface area contributed by atoms with Crippen LogP contribution in [0.25, 0.3) is 0 Å². The SMILES string of the molecule is Cc1ccc(NC(=S)Nc2cc(Cl)cc(Cl)c2)cc1. The highest BCUT2D eigenvalue weighted by atomic mass is 35.5. The topological polar surface area (TPSA) is 24.1 Å². The molecule has 2 rings (SSSR count). The summed E-state index contributed by atoms with van der Waals surface area (Å²) in [6.45, 7) is 2.04. The maximum absolute atomic E-state index is 5.92. The molecule has 0 aliphatic rings. The quantitative estimate of drug-likeness (QED) is 0.754. The molecule has 0 saturated heterocycles. The van der Waals surface area contributed by atoms with Crippen LogP contribution in [-0.4, -0.2) is 5.11 Å². The van der Waals surface area contributed by atoms with Gasteiger partial charge in [-0.25, -0.2) is 0 Å². The summed E-state index contributed by atoms with van der Waals surface area (Å²) in [6.07, 6.45) is 0. The first-order chi connectivity index (χ1) is 9.02. The third kappa shape index (κ3) is 4.39. The average Bonchev–Trinajstić information content (AvgIpc) is 2.30. The van der Waals surface area contributed by atoms with Crippen LogP contribution in [0.4, 0.5) is 11.4 Å². The second-order valence-corrected chi connectivity index (χ2v) is 5.38. The van der Waals surface area contributed by atoms with Gasteiger partial charge in [0, 0.05) is 21.4 Å². The lowest BCUT2D eigenvalue weighted by Crippen LogP contribution is -2.18. The highest BCUT2D eigenvalue weighted by molar-refractivity contribution is 7.80. The van der Waals surface area contributed by atoms with Gasteiger partial charge >= 0.3 is 0 Å². The van der Waals surface area contributed by atoms with E-state index in [1.165, 1.54) is 5.56 Å². The summed E-state index contributed by atoms with van der Waals surface area (Å²) in [5.74, 6) is 0. The number of hydrogen-bond donors (Lipinski definition) is 2. The fraction of sp³-hybridized carbons (Fsp3) is 0.0714. The van der Waals surface area contributed by atoms with Crippen molar-refractivity contribution in [3.63, 3.8) is 0 Å². The van der Waals surface area contributed by atoms with E-state index in [0.29, 0.717) is 15.2 Å². The normalized spacial score (nSPS) is 10.1. The van der Waals surface area contributed by atoms with Crippen molar-refractivity contribution in [2.75, 3.05) is 10.6 Å². The molecule has 0 fully saturated rings. The summed E-state index contributed by atoms with van der Waals surface area (Å²) in [7, 11) is 0. The van der Waals surface area contributed by atoms with E-state index >= 15 is 0 Å². The molecule has 19 heavy (non-hydrogen) atoms. The van der Waals surface area contributed by atoms with Crippen LogP contribution in [0.5, 0.6) is 0 Å². The van der Waals surface area contributed by atoms with E-state index in [1.807, 2.05) is 31.2 Å². The fourth-order valence-corrected chi connectivity index (χ4v) is 2.32. The zero-order chi connectivity index (χ0) is 13.8. The Balaban J connectivity index is 2.03. The van der Waals surface area contributed by atoms with Crippen molar-refractivity contribution in [1.29, 1.82) is 0 Å². The van der Waals surface area contributed by atoms with Gasteiger partial charge in [-0.3, -0.25) is 0 Å². The monoisotopic (exact) mass is 310 g/mol. The Labute approximate surface area is 127 Å². The van der Waals surface area contributed by atoms with Gasteiger partial charge in [-0.05, 0) is 49.5 Å². The van der Waals surface area contributed by atoms with Crippen LogP contribution in [0.3, 0.4) is 0 Å². The molecule has 0 spiro atoms.